The molecule has 0 aliphatic rings. The third-order valence-electron chi connectivity index (χ3n) is 2.81. The summed E-state index contributed by atoms with van der Waals surface area (Å²) in [6.45, 7) is 0.366. The van der Waals surface area contributed by atoms with Crippen LogP contribution in [0.1, 0.15) is 5.56 Å². The standard InChI is InChI=1S/C14H14BClO4/c1-19-12-5-2-10(3-6-12)9-20-14-7-4-11(15(17)18)8-13(14)16/h2-8,17-18H,9H2,1H3. The summed E-state index contributed by atoms with van der Waals surface area (Å²) in [7, 11) is 0.0747. The Morgan fingerprint density at radius 1 is 1.10 bits per heavy atom. The number of hydrogen-bond donors (Lipinski definition) is 2. The molecule has 20 heavy (non-hydrogen) atoms. The van der Waals surface area contributed by atoms with Crippen LogP contribution in [0.5, 0.6) is 11.5 Å². The molecule has 0 aromatic heterocycles. The molecule has 0 unspecified atom stereocenters. The predicted octanol–water partition coefficient (Wildman–Crippen LogP) is 1.61. The molecular weight excluding hydrogens is 278 g/mol. The van der Waals surface area contributed by atoms with Crippen LogP contribution in [0.3, 0.4) is 0 Å². The molecule has 2 N–H and O–H groups in total. The van der Waals surface area contributed by atoms with Gasteiger partial charge in [-0.2, -0.15) is 0 Å². The molecule has 4 nitrogen and oxygen atoms in total. The molecule has 104 valence electrons. The van der Waals surface area contributed by atoms with Gasteiger partial charge in [-0.05, 0) is 35.3 Å². The van der Waals surface area contributed by atoms with Gasteiger partial charge >= 0.3 is 7.12 Å². The topological polar surface area (TPSA) is 58.9 Å². The predicted molar refractivity (Wildman–Crippen MR) is 78.6 cm³/mol. The van der Waals surface area contributed by atoms with E-state index in [1.807, 2.05) is 24.3 Å². The van der Waals surface area contributed by atoms with Crippen LogP contribution in [-0.4, -0.2) is 24.3 Å². The lowest BCUT2D eigenvalue weighted by atomic mass is 9.80. The summed E-state index contributed by atoms with van der Waals surface area (Å²) < 4.78 is 10.7. The molecule has 2 rings (SSSR count). The van der Waals surface area contributed by atoms with Crippen molar-refractivity contribution in [3.05, 3.63) is 53.1 Å². The molecule has 0 radical (unpaired) electrons. The van der Waals surface area contributed by atoms with Gasteiger partial charge in [-0.25, -0.2) is 0 Å². The number of methoxy groups -OCH3 is 1. The molecular formula is C14H14BClO4. The van der Waals surface area contributed by atoms with Crippen molar-refractivity contribution in [1.29, 1.82) is 0 Å². The Labute approximate surface area is 122 Å². The lowest BCUT2D eigenvalue weighted by molar-refractivity contribution is 0.306. The normalized spacial score (nSPS) is 10.2. The van der Waals surface area contributed by atoms with Gasteiger partial charge in [-0.15, -0.1) is 0 Å². The third kappa shape index (κ3) is 3.66. The number of rotatable bonds is 5. The Balaban J connectivity index is 2.03. The highest BCUT2D eigenvalue weighted by Crippen LogP contribution is 2.24. The van der Waals surface area contributed by atoms with Gasteiger partial charge < -0.3 is 19.5 Å². The van der Waals surface area contributed by atoms with Crippen molar-refractivity contribution < 1.29 is 19.5 Å². The zero-order chi connectivity index (χ0) is 14.5. The summed E-state index contributed by atoms with van der Waals surface area (Å²) in [5.74, 6) is 1.28. The van der Waals surface area contributed by atoms with E-state index in [-0.39, 0.29) is 0 Å². The molecule has 0 atom stereocenters. The Morgan fingerprint density at radius 2 is 1.80 bits per heavy atom. The van der Waals surface area contributed by atoms with Crippen LogP contribution in [0.25, 0.3) is 0 Å². The number of hydrogen-bond acceptors (Lipinski definition) is 4. The first kappa shape index (κ1) is 14.7. The van der Waals surface area contributed by atoms with E-state index >= 15 is 0 Å². The lowest BCUT2D eigenvalue weighted by Gasteiger charge is -2.10. The van der Waals surface area contributed by atoms with E-state index in [9.17, 15) is 0 Å². The molecule has 0 aliphatic heterocycles. The summed E-state index contributed by atoms with van der Waals surface area (Å²) in [5, 5.41) is 18.4. The zero-order valence-electron chi connectivity index (χ0n) is 10.9. The van der Waals surface area contributed by atoms with Gasteiger partial charge in [0, 0.05) is 0 Å². The van der Waals surface area contributed by atoms with Crippen molar-refractivity contribution >= 4 is 24.2 Å². The quantitative estimate of drug-likeness (QED) is 0.822. The molecule has 0 fully saturated rings. The molecule has 0 aliphatic carbocycles. The maximum absolute atomic E-state index is 9.04. The second-order valence-electron chi connectivity index (χ2n) is 4.20. The molecule has 0 amide bonds. The average molecular weight is 293 g/mol. The molecule has 2 aromatic rings. The van der Waals surface area contributed by atoms with Crippen LogP contribution in [0.15, 0.2) is 42.5 Å². The van der Waals surface area contributed by atoms with Gasteiger partial charge in [0.05, 0.1) is 12.1 Å². The van der Waals surface area contributed by atoms with E-state index in [4.69, 9.17) is 31.1 Å². The van der Waals surface area contributed by atoms with Crippen molar-refractivity contribution in [1.82, 2.24) is 0 Å². The molecule has 0 saturated heterocycles. The van der Waals surface area contributed by atoms with Crippen molar-refractivity contribution in [2.24, 2.45) is 0 Å². The van der Waals surface area contributed by atoms with Crippen molar-refractivity contribution in [2.75, 3.05) is 7.11 Å². The highest BCUT2D eigenvalue weighted by molar-refractivity contribution is 6.59. The lowest BCUT2D eigenvalue weighted by Crippen LogP contribution is -2.29. The van der Waals surface area contributed by atoms with E-state index < -0.39 is 7.12 Å². The first-order valence-electron chi connectivity index (χ1n) is 6.01. The second-order valence-corrected chi connectivity index (χ2v) is 4.61. The highest BCUT2D eigenvalue weighted by atomic mass is 35.5. The van der Waals surface area contributed by atoms with Gasteiger partial charge in [0.2, 0.25) is 0 Å². The fourth-order valence-electron chi connectivity index (χ4n) is 1.68. The number of benzene rings is 2. The molecule has 0 bridgehead atoms. The minimum Gasteiger partial charge on any atom is -0.497 e. The second kappa shape index (κ2) is 6.66. The van der Waals surface area contributed by atoms with Crippen molar-refractivity contribution in [3.63, 3.8) is 0 Å². The van der Waals surface area contributed by atoms with Gasteiger partial charge in [0.1, 0.15) is 18.1 Å². The van der Waals surface area contributed by atoms with Crippen LogP contribution in [0.2, 0.25) is 5.02 Å². The van der Waals surface area contributed by atoms with Crippen molar-refractivity contribution in [3.8, 4) is 11.5 Å². The summed E-state index contributed by atoms with van der Waals surface area (Å²) >= 11 is 6.02. The average Bonchev–Trinajstić information content (AvgIpc) is 2.46. The largest absolute Gasteiger partial charge is 0.497 e. The van der Waals surface area contributed by atoms with Crippen molar-refractivity contribution in [2.45, 2.75) is 6.61 Å². The Hall–Kier alpha value is -1.69. The number of ether oxygens (including phenoxy) is 2. The molecule has 0 heterocycles. The summed E-state index contributed by atoms with van der Waals surface area (Å²) in [6.07, 6.45) is 0. The maximum Gasteiger partial charge on any atom is 0.488 e. The molecule has 6 heteroatoms. The molecule has 0 spiro atoms. The third-order valence-corrected chi connectivity index (χ3v) is 3.10. The molecule has 2 aromatic carbocycles. The van der Waals surface area contributed by atoms with E-state index in [2.05, 4.69) is 0 Å². The Kier molecular flexibility index (Phi) is 4.90. The SMILES string of the molecule is COc1ccc(COc2ccc(B(O)O)cc2Cl)cc1. The summed E-state index contributed by atoms with van der Waals surface area (Å²) in [6, 6.07) is 12.1. The van der Waals surface area contributed by atoms with Gasteiger partial charge in [-0.1, -0.05) is 29.8 Å². The van der Waals surface area contributed by atoms with E-state index in [1.54, 1.807) is 19.2 Å². The van der Waals surface area contributed by atoms with Crippen LogP contribution in [0, 0.1) is 0 Å². The maximum atomic E-state index is 9.04. The zero-order valence-corrected chi connectivity index (χ0v) is 11.7. The number of halogens is 1. The Morgan fingerprint density at radius 3 is 2.35 bits per heavy atom. The minimum absolute atomic E-state index is 0.326. The van der Waals surface area contributed by atoms with E-state index in [0.29, 0.717) is 22.8 Å². The smallest absolute Gasteiger partial charge is 0.488 e. The van der Waals surface area contributed by atoms with Crippen LogP contribution in [-0.2, 0) is 6.61 Å². The van der Waals surface area contributed by atoms with Crippen LogP contribution in [0.4, 0.5) is 0 Å². The van der Waals surface area contributed by atoms with Gasteiger partial charge in [0.15, 0.2) is 0 Å². The Bertz CT molecular complexity index is 572. The first-order chi connectivity index (χ1) is 9.60. The van der Waals surface area contributed by atoms with Crippen LogP contribution < -0.4 is 14.9 Å². The fraction of sp³-hybridized carbons (Fsp3) is 0.143. The first-order valence-corrected chi connectivity index (χ1v) is 6.39. The monoisotopic (exact) mass is 292 g/mol. The molecule has 0 saturated carbocycles. The van der Waals surface area contributed by atoms with E-state index in [1.165, 1.54) is 6.07 Å². The minimum atomic E-state index is -1.54. The van der Waals surface area contributed by atoms with Crippen LogP contribution >= 0.6 is 11.6 Å². The summed E-state index contributed by atoms with van der Waals surface area (Å²) in [5.41, 5.74) is 1.31. The van der Waals surface area contributed by atoms with E-state index in [0.717, 1.165) is 11.3 Å². The fourth-order valence-corrected chi connectivity index (χ4v) is 1.92. The van der Waals surface area contributed by atoms with Gasteiger partial charge in [0.25, 0.3) is 0 Å². The summed E-state index contributed by atoms with van der Waals surface area (Å²) in [4.78, 5) is 0. The highest BCUT2D eigenvalue weighted by Gasteiger charge is 2.13. The van der Waals surface area contributed by atoms with Gasteiger partial charge in [-0.3, -0.25) is 0 Å².